The van der Waals surface area contributed by atoms with Gasteiger partial charge in [-0.2, -0.15) is 0 Å². The molecule has 0 spiro atoms. The van der Waals surface area contributed by atoms with Gasteiger partial charge in [0.15, 0.2) is 0 Å². The van der Waals surface area contributed by atoms with Gasteiger partial charge in [0.05, 0.1) is 4.92 Å². The Bertz CT molecular complexity index is 446. The van der Waals surface area contributed by atoms with Crippen LogP contribution >= 0.6 is 11.6 Å². The number of aryl methyl sites for hydroxylation is 1. The van der Waals surface area contributed by atoms with Crippen molar-refractivity contribution in [2.75, 3.05) is 11.2 Å². The van der Waals surface area contributed by atoms with Gasteiger partial charge in [0.25, 0.3) is 5.69 Å². The number of hydrogen-bond acceptors (Lipinski definition) is 3. The highest BCUT2D eigenvalue weighted by Gasteiger charge is 2.18. The first-order valence-corrected chi connectivity index (χ1v) is 5.11. The number of nitro groups is 1. The molecule has 1 aromatic rings. The van der Waals surface area contributed by atoms with Crippen molar-refractivity contribution in [1.29, 1.82) is 0 Å². The van der Waals surface area contributed by atoms with Crippen LogP contribution in [0.25, 0.3) is 0 Å². The van der Waals surface area contributed by atoms with E-state index >= 15 is 0 Å². The number of nitrogens with zero attached hydrogens (tertiary/aromatic N) is 1. The molecule has 0 aromatic heterocycles. The van der Waals surface area contributed by atoms with Crippen LogP contribution in [-0.2, 0) is 4.79 Å². The molecule has 5 nitrogen and oxygen atoms in total. The average Bonchev–Trinajstić information content (AvgIpc) is 2.24. The molecule has 0 saturated carbocycles. The molecular weight excluding hydrogens is 232 g/mol. The Morgan fingerprint density at radius 2 is 2.12 bits per heavy atom. The maximum Gasteiger partial charge on any atom is 0.293 e. The molecule has 0 aliphatic rings. The van der Waals surface area contributed by atoms with Crippen molar-refractivity contribution in [2.45, 2.75) is 13.8 Å². The molecule has 0 aliphatic carbocycles. The molecule has 0 heterocycles. The van der Waals surface area contributed by atoms with E-state index in [-0.39, 0.29) is 17.3 Å². The Kier molecular flexibility index (Phi) is 3.84. The van der Waals surface area contributed by atoms with Gasteiger partial charge in [-0.15, -0.1) is 11.6 Å². The van der Waals surface area contributed by atoms with Crippen LogP contribution < -0.4 is 5.32 Å². The summed E-state index contributed by atoms with van der Waals surface area (Å²) in [5.41, 5.74) is 1.64. The number of amides is 1. The maximum atomic E-state index is 11.2. The van der Waals surface area contributed by atoms with Crippen molar-refractivity contribution in [3.63, 3.8) is 0 Å². The lowest BCUT2D eigenvalue weighted by molar-refractivity contribution is -0.384. The van der Waals surface area contributed by atoms with Crippen LogP contribution in [0.15, 0.2) is 12.1 Å². The fourth-order valence-electron chi connectivity index (χ4n) is 1.28. The van der Waals surface area contributed by atoms with Gasteiger partial charge in [0.1, 0.15) is 11.6 Å². The second-order valence-corrected chi connectivity index (χ2v) is 3.61. The lowest BCUT2D eigenvalue weighted by Gasteiger charge is -2.09. The summed E-state index contributed by atoms with van der Waals surface area (Å²) in [6, 6.07) is 3.01. The highest BCUT2D eigenvalue weighted by molar-refractivity contribution is 6.29. The number of hydrogen-bond donors (Lipinski definition) is 1. The van der Waals surface area contributed by atoms with E-state index in [9.17, 15) is 14.9 Å². The van der Waals surface area contributed by atoms with E-state index in [4.69, 9.17) is 11.6 Å². The topological polar surface area (TPSA) is 72.2 Å². The minimum absolute atomic E-state index is 0.124. The summed E-state index contributed by atoms with van der Waals surface area (Å²) in [6.07, 6.45) is 0. The first-order valence-electron chi connectivity index (χ1n) is 4.57. The molecule has 1 aromatic carbocycles. The van der Waals surface area contributed by atoms with Crippen molar-refractivity contribution in [1.82, 2.24) is 0 Å². The molecule has 0 unspecified atom stereocenters. The lowest BCUT2D eigenvalue weighted by atomic mass is 10.1. The second kappa shape index (κ2) is 4.94. The first kappa shape index (κ1) is 12.4. The van der Waals surface area contributed by atoms with Crippen LogP contribution in [0.1, 0.15) is 11.1 Å². The van der Waals surface area contributed by atoms with Crippen molar-refractivity contribution in [3.8, 4) is 0 Å². The van der Waals surface area contributed by atoms with Crippen molar-refractivity contribution in [3.05, 3.63) is 33.4 Å². The van der Waals surface area contributed by atoms with Gasteiger partial charge >= 0.3 is 0 Å². The molecule has 1 N–H and O–H groups in total. The van der Waals surface area contributed by atoms with Gasteiger partial charge in [-0.25, -0.2) is 0 Å². The number of carbonyl (C=O) groups excluding carboxylic acids is 1. The van der Waals surface area contributed by atoms with E-state index in [1.54, 1.807) is 13.0 Å². The quantitative estimate of drug-likeness (QED) is 0.503. The third-order valence-corrected chi connectivity index (χ3v) is 2.54. The molecule has 0 saturated heterocycles. The number of nitrogens with one attached hydrogen (secondary N) is 1. The number of halogens is 1. The van der Waals surface area contributed by atoms with Crippen LogP contribution in [0.5, 0.6) is 0 Å². The van der Waals surface area contributed by atoms with Crippen molar-refractivity contribution in [2.24, 2.45) is 0 Å². The zero-order valence-corrected chi connectivity index (χ0v) is 9.67. The normalized spacial score (nSPS) is 9.94. The lowest BCUT2D eigenvalue weighted by Crippen LogP contribution is -2.15. The zero-order chi connectivity index (χ0) is 12.3. The Morgan fingerprint density at radius 1 is 1.50 bits per heavy atom. The highest BCUT2D eigenvalue weighted by atomic mass is 35.5. The fourth-order valence-corrected chi connectivity index (χ4v) is 1.35. The van der Waals surface area contributed by atoms with E-state index in [0.717, 1.165) is 5.56 Å². The molecule has 6 heteroatoms. The Balaban J connectivity index is 3.26. The third-order valence-electron chi connectivity index (χ3n) is 2.30. The number of carbonyl (C=O) groups is 1. The molecule has 0 fully saturated rings. The molecule has 16 heavy (non-hydrogen) atoms. The van der Waals surface area contributed by atoms with E-state index < -0.39 is 10.8 Å². The summed E-state index contributed by atoms with van der Waals surface area (Å²) < 4.78 is 0. The van der Waals surface area contributed by atoms with Crippen LogP contribution in [0.3, 0.4) is 0 Å². The maximum absolute atomic E-state index is 11.2. The fraction of sp³-hybridized carbons (Fsp3) is 0.300. The summed E-state index contributed by atoms with van der Waals surface area (Å²) in [5, 5.41) is 13.2. The predicted molar refractivity (Wildman–Crippen MR) is 61.9 cm³/mol. The Morgan fingerprint density at radius 3 is 2.62 bits per heavy atom. The summed E-state index contributed by atoms with van der Waals surface area (Å²) in [4.78, 5) is 21.4. The van der Waals surface area contributed by atoms with Crippen LogP contribution in [0.2, 0.25) is 0 Å². The van der Waals surface area contributed by atoms with Crippen molar-refractivity contribution >= 4 is 28.9 Å². The first-order chi connectivity index (χ1) is 7.47. The minimum atomic E-state index is -0.531. The average molecular weight is 243 g/mol. The van der Waals surface area contributed by atoms with Gasteiger partial charge < -0.3 is 5.32 Å². The van der Waals surface area contributed by atoms with Gasteiger partial charge in [-0.05, 0) is 25.0 Å². The van der Waals surface area contributed by atoms with E-state index in [1.165, 1.54) is 6.07 Å². The molecular formula is C10H11ClN2O3. The Hall–Kier alpha value is -1.62. The standard InChI is InChI=1S/C10H11ClN2O3/c1-6-3-4-8(13(15)16)10(7(6)2)12-9(14)5-11/h3-4H,5H2,1-2H3,(H,12,14). The van der Waals surface area contributed by atoms with Gasteiger partial charge in [-0.1, -0.05) is 6.07 Å². The minimum Gasteiger partial charge on any atom is -0.319 e. The molecule has 86 valence electrons. The van der Waals surface area contributed by atoms with E-state index in [1.807, 2.05) is 6.92 Å². The third kappa shape index (κ3) is 2.49. The van der Waals surface area contributed by atoms with Crippen molar-refractivity contribution < 1.29 is 9.72 Å². The van der Waals surface area contributed by atoms with E-state index in [2.05, 4.69) is 5.32 Å². The molecule has 0 atom stereocenters. The van der Waals surface area contributed by atoms with Crippen LogP contribution in [0, 0.1) is 24.0 Å². The number of nitro benzene ring substituents is 1. The number of alkyl halides is 1. The SMILES string of the molecule is Cc1ccc([N+](=O)[O-])c(NC(=O)CCl)c1C. The molecule has 1 rings (SSSR count). The monoisotopic (exact) mass is 242 g/mol. The van der Waals surface area contributed by atoms with Crippen LogP contribution in [0.4, 0.5) is 11.4 Å². The number of rotatable bonds is 3. The largest absolute Gasteiger partial charge is 0.319 e. The zero-order valence-electron chi connectivity index (χ0n) is 8.91. The molecule has 1 amide bonds. The molecule has 0 radical (unpaired) electrons. The van der Waals surface area contributed by atoms with Gasteiger partial charge in [0, 0.05) is 6.07 Å². The summed E-state index contributed by atoms with van der Waals surface area (Å²) >= 11 is 5.34. The summed E-state index contributed by atoms with van der Waals surface area (Å²) in [7, 11) is 0. The smallest absolute Gasteiger partial charge is 0.293 e. The number of benzene rings is 1. The molecule has 0 bridgehead atoms. The van der Waals surface area contributed by atoms with Gasteiger partial charge in [0.2, 0.25) is 5.91 Å². The second-order valence-electron chi connectivity index (χ2n) is 3.34. The van der Waals surface area contributed by atoms with E-state index in [0.29, 0.717) is 5.56 Å². The highest BCUT2D eigenvalue weighted by Crippen LogP contribution is 2.30. The molecule has 0 aliphatic heterocycles. The number of anilines is 1. The summed E-state index contributed by atoms with van der Waals surface area (Å²) in [5.74, 6) is -0.691. The predicted octanol–water partition coefficient (Wildman–Crippen LogP) is 2.39. The van der Waals surface area contributed by atoms with Gasteiger partial charge in [-0.3, -0.25) is 14.9 Å². The Labute approximate surface area is 97.6 Å². The summed E-state index contributed by atoms with van der Waals surface area (Å²) in [6.45, 7) is 3.53. The van der Waals surface area contributed by atoms with Crippen LogP contribution in [-0.4, -0.2) is 16.7 Å².